The molecule has 0 N–H and O–H groups in total. The third-order valence-electron chi connectivity index (χ3n) is 3.72. The Hall–Kier alpha value is 0.440. The highest BCUT2D eigenvalue weighted by atomic mass is 79.9. The zero-order valence-corrected chi connectivity index (χ0v) is 12.5. The van der Waals surface area contributed by atoms with E-state index < -0.39 is 0 Å². The first-order valence-electron chi connectivity index (χ1n) is 7.15. The van der Waals surface area contributed by atoms with E-state index in [-0.39, 0.29) is 0 Å². The van der Waals surface area contributed by atoms with E-state index in [9.17, 15) is 0 Å². The van der Waals surface area contributed by atoms with Crippen molar-refractivity contribution in [1.29, 1.82) is 0 Å². The molecule has 1 rings (SSSR count). The minimum Gasteiger partial charge on any atom is -0.303 e. The molecule has 96 valence electrons. The molecule has 0 saturated carbocycles. The van der Waals surface area contributed by atoms with Gasteiger partial charge in [-0.2, -0.15) is 0 Å². The third-order valence-corrected chi connectivity index (χ3v) is 4.17. The van der Waals surface area contributed by atoms with E-state index in [2.05, 4.69) is 27.8 Å². The van der Waals surface area contributed by atoms with Crippen LogP contribution in [0.5, 0.6) is 0 Å². The van der Waals surface area contributed by atoms with Crippen LogP contribution in [-0.4, -0.2) is 29.9 Å². The highest BCUT2D eigenvalue weighted by Gasteiger charge is 2.20. The van der Waals surface area contributed by atoms with Crippen molar-refractivity contribution < 1.29 is 0 Å². The standard InChI is InChI=1S/C14H28BrN/c1-2-3-4-5-6-7-11-16-12-9-14(13-16)8-10-15/h14H,2-13H2,1H3. The molecular weight excluding hydrogens is 262 g/mol. The van der Waals surface area contributed by atoms with Crippen LogP contribution in [0.2, 0.25) is 0 Å². The second-order valence-electron chi connectivity index (χ2n) is 5.20. The summed E-state index contributed by atoms with van der Waals surface area (Å²) in [6.07, 6.45) is 11.4. The van der Waals surface area contributed by atoms with Crippen molar-refractivity contribution in [3.8, 4) is 0 Å². The van der Waals surface area contributed by atoms with Crippen LogP contribution >= 0.6 is 15.9 Å². The van der Waals surface area contributed by atoms with Crippen molar-refractivity contribution in [2.24, 2.45) is 5.92 Å². The lowest BCUT2D eigenvalue weighted by molar-refractivity contribution is 0.313. The summed E-state index contributed by atoms with van der Waals surface area (Å²) in [6.45, 7) is 6.35. The van der Waals surface area contributed by atoms with Crippen LogP contribution in [0, 0.1) is 5.92 Å². The molecule has 0 aromatic carbocycles. The number of halogens is 1. The summed E-state index contributed by atoms with van der Waals surface area (Å²) in [5.74, 6) is 0.972. The van der Waals surface area contributed by atoms with Gasteiger partial charge in [-0.05, 0) is 38.3 Å². The Morgan fingerprint density at radius 3 is 2.62 bits per heavy atom. The van der Waals surface area contributed by atoms with Gasteiger partial charge in [0.1, 0.15) is 0 Å². The fourth-order valence-electron chi connectivity index (χ4n) is 2.62. The summed E-state index contributed by atoms with van der Waals surface area (Å²) in [6, 6.07) is 0. The maximum atomic E-state index is 3.55. The van der Waals surface area contributed by atoms with E-state index in [0.29, 0.717) is 0 Å². The number of unbranched alkanes of at least 4 members (excludes halogenated alkanes) is 5. The maximum Gasteiger partial charge on any atom is 0.00344 e. The zero-order valence-electron chi connectivity index (χ0n) is 10.9. The Balaban J connectivity index is 1.90. The van der Waals surface area contributed by atoms with Crippen molar-refractivity contribution in [3.05, 3.63) is 0 Å². The Labute approximate surface area is 110 Å². The molecular formula is C14H28BrN. The highest BCUT2D eigenvalue weighted by Crippen LogP contribution is 2.20. The van der Waals surface area contributed by atoms with Crippen LogP contribution < -0.4 is 0 Å². The Kier molecular flexibility index (Phi) is 8.58. The van der Waals surface area contributed by atoms with Gasteiger partial charge in [0, 0.05) is 11.9 Å². The Morgan fingerprint density at radius 2 is 1.88 bits per heavy atom. The average Bonchev–Trinajstić information content (AvgIpc) is 2.72. The monoisotopic (exact) mass is 289 g/mol. The van der Waals surface area contributed by atoms with Crippen molar-refractivity contribution >= 4 is 15.9 Å². The van der Waals surface area contributed by atoms with E-state index in [4.69, 9.17) is 0 Å². The lowest BCUT2D eigenvalue weighted by Gasteiger charge is -2.15. The van der Waals surface area contributed by atoms with Gasteiger partial charge in [-0.25, -0.2) is 0 Å². The van der Waals surface area contributed by atoms with Gasteiger partial charge in [-0.1, -0.05) is 55.0 Å². The molecule has 1 aliphatic heterocycles. The first-order chi connectivity index (χ1) is 7.86. The predicted octanol–water partition coefficient (Wildman–Crippen LogP) is 4.45. The van der Waals surface area contributed by atoms with E-state index >= 15 is 0 Å². The molecule has 1 atom stereocenters. The fraction of sp³-hybridized carbons (Fsp3) is 1.00. The molecule has 2 heteroatoms. The van der Waals surface area contributed by atoms with Gasteiger partial charge < -0.3 is 4.90 Å². The minimum atomic E-state index is 0.972. The quantitative estimate of drug-likeness (QED) is 0.448. The number of rotatable bonds is 9. The zero-order chi connectivity index (χ0) is 11.6. The van der Waals surface area contributed by atoms with E-state index in [1.165, 1.54) is 76.3 Å². The normalized spacial score (nSPS) is 21.8. The smallest absolute Gasteiger partial charge is 0.00344 e. The van der Waals surface area contributed by atoms with Gasteiger partial charge in [0.25, 0.3) is 0 Å². The number of nitrogens with zero attached hydrogens (tertiary/aromatic N) is 1. The van der Waals surface area contributed by atoms with Gasteiger partial charge in [0.05, 0.1) is 0 Å². The van der Waals surface area contributed by atoms with E-state index in [0.717, 1.165) is 5.92 Å². The highest BCUT2D eigenvalue weighted by molar-refractivity contribution is 9.09. The van der Waals surface area contributed by atoms with Crippen LogP contribution in [0.15, 0.2) is 0 Å². The summed E-state index contributed by atoms with van der Waals surface area (Å²) in [5, 5.41) is 1.18. The second kappa shape index (κ2) is 9.47. The van der Waals surface area contributed by atoms with Gasteiger partial charge in [0.2, 0.25) is 0 Å². The van der Waals surface area contributed by atoms with Gasteiger partial charge >= 0.3 is 0 Å². The van der Waals surface area contributed by atoms with Gasteiger partial charge in [-0.15, -0.1) is 0 Å². The average molecular weight is 290 g/mol. The van der Waals surface area contributed by atoms with E-state index in [1.54, 1.807) is 0 Å². The summed E-state index contributed by atoms with van der Waals surface area (Å²) >= 11 is 3.55. The first-order valence-corrected chi connectivity index (χ1v) is 8.27. The Morgan fingerprint density at radius 1 is 1.12 bits per heavy atom. The molecule has 0 amide bonds. The van der Waals surface area contributed by atoms with Crippen LogP contribution in [0.4, 0.5) is 0 Å². The third kappa shape index (κ3) is 6.24. The molecule has 0 bridgehead atoms. The largest absolute Gasteiger partial charge is 0.303 e. The van der Waals surface area contributed by atoms with Gasteiger partial charge in [0.15, 0.2) is 0 Å². The molecule has 0 spiro atoms. The number of hydrogen-bond donors (Lipinski definition) is 0. The number of likely N-dealkylation sites (tertiary alicyclic amines) is 1. The van der Waals surface area contributed by atoms with Crippen LogP contribution in [0.3, 0.4) is 0 Å². The lowest BCUT2D eigenvalue weighted by atomic mass is 10.1. The Bertz CT molecular complexity index is 161. The summed E-state index contributed by atoms with van der Waals surface area (Å²) < 4.78 is 0. The summed E-state index contributed by atoms with van der Waals surface area (Å²) in [5.41, 5.74) is 0. The lowest BCUT2D eigenvalue weighted by Crippen LogP contribution is -2.22. The molecule has 0 aromatic heterocycles. The second-order valence-corrected chi connectivity index (χ2v) is 5.99. The van der Waals surface area contributed by atoms with Crippen molar-refractivity contribution in [3.63, 3.8) is 0 Å². The topological polar surface area (TPSA) is 3.24 Å². The summed E-state index contributed by atoms with van der Waals surface area (Å²) in [4.78, 5) is 2.67. The summed E-state index contributed by atoms with van der Waals surface area (Å²) in [7, 11) is 0. The molecule has 0 aromatic rings. The molecule has 16 heavy (non-hydrogen) atoms. The molecule has 1 saturated heterocycles. The van der Waals surface area contributed by atoms with Crippen molar-refractivity contribution in [2.45, 2.75) is 58.3 Å². The van der Waals surface area contributed by atoms with Crippen LogP contribution in [0.25, 0.3) is 0 Å². The van der Waals surface area contributed by atoms with Crippen LogP contribution in [0.1, 0.15) is 58.3 Å². The van der Waals surface area contributed by atoms with Crippen LogP contribution in [-0.2, 0) is 0 Å². The number of hydrogen-bond acceptors (Lipinski definition) is 1. The molecule has 1 heterocycles. The predicted molar refractivity (Wildman–Crippen MR) is 76.3 cm³/mol. The number of alkyl halides is 1. The molecule has 1 fully saturated rings. The first kappa shape index (κ1) is 14.5. The molecule has 1 unspecified atom stereocenters. The van der Waals surface area contributed by atoms with Crippen molar-refractivity contribution in [2.75, 3.05) is 25.0 Å². The molecule has 0 aliphatic carbocycles. The van der Waals surface area contributed by atoms with Crippen molar-refractivity contribution in [1.82, 2.24) is 4.90 Å². The maximum absolute atomic E-state index is 3.55. The van der Waals surface area contributed by atoms with Gasteiger partial charge in [-0.3, -0.25) is 0 Å². The molecule has 0 radical (unpaired) electrons. The minimum absolute atomic E-state index is 0.972. The van der Waals surface area contributed by atoms with E-state index in [1.807, 2.05) is 0 Å². The molecule has 1 nitrogen and oxygen atoms in total. The fourth-order valence-corrected chi connectivity index (χ4v) is 3.27. The SMILES string of the molecule is CCCCCCCCN1CCC(CCBr)C1. The molecule has 1 aliphatic rings.